The number of ether oxygens (including phenoxy) is 1. The highest BCUT2D eigenvalue weighted by atomic mass is 19.3. The van der Waals surface area contributed by atoms with Crippen molar-refractivity contribution in [3.63, 3.8) is 0 Å². The molecule has 3 N–H and O–H groups in total. The summed E-state index contributed by atoms with van der Waals surface area (Å²) >= 11 is 0. The molecule has 0 spiro atoms. The fraction of sp³-hybridized carbons (Fsp3) is 0.462. The summed E-state index contributed by atoms with van der Waals surface area (Å²) in [7, 11) is 0. The zero-order valence-corrected chi connectivity index (χ0v) is 20.3. The number of benzene rings is 2. The molecule has 5 nitrogen and oxygen atoms in total. The van der Waals surface area contributed by atoms with Gasteiger partial charge in [0, 0.05) is 29.2 Å². The molecule has 1 unspecified atom stereocenters. The van der Waals surface area contributed by atoms with Crippen LogP contribution in [0.2, 0.25) is 0 Å². The zero-order valence-electron chi connectivity index (χ0n) is 20.3. The third kappa shape index (κ3) is 5.73. The number of nitrogens with one attached hydrogen (secondary N) is 2. The summed E-state index contributed by atoms with van der Waals surface area (Å²) < 4.78 is 91.5. The van der Waals surface area contributed by atoms with Crippen LogP contribution in [0, 0.1) is 17.5 Å². The van der Waals surface area contributed by atoms with Crippen molar-refractivity contribution < 1.29 is 36.2 Å². The number of aliphatic hydroxyl groups is 1. The van der Waals surface area contributed by atoms with Gasteiger partial charge in [0.15, 0.2) is 11.6 Å². The molecule has 0 amide bonds. The minimum absolute atomic E-state index is 0.0125. The Kier molecular flexibility index (Phi) is 8.35. The maximum atomic E-state index is 15.8. The quantitative estimate of drug-likeness (QED) is 0.245. The lowest BCUT2D eigenvalue weighted by Gasteiger charge is -2.42. The standard InChI is InChI=1S/C26H29F6N3O2/c1-15-11-18-17-4-3-16(28)12-20(17)34-24(18)25(35(15)13-26(31,32)14-36)22-19(29)5-6-21(23(22)30)37-10-9-33-8-2-7-27/h3-6,12,15,25,33-34,36H,2,7-11,13-14H2,1H3/t15?,25-/m1/s1. The Morgan fingerprint density at radius 1 is 1.16 bits per heavy atom. The van der Waals surface area contributed by atoms with E-state index >= 15 is 8.78 Å². The Labute approximate surface area is 210 Å². The van der Waals surface area contributed by atoms with E-state index in [1.165, 1.54) is 17.0 Å². The van der Waals surface area contributed by atoms with Crippen LogP contribution in [-0.2, 0) is 6.42 Å². The summed E-state index contributed by atoms with van der Waals surface area (Å²) in [6.07, 6.45) is 0.586. The molecular formula is C26H29F6N3O2. The molecule has 37 heavy (non-hydrogen) atoms. The summed E-state index contributed by atoms with van der Waals surface area (Å²) in [4.78, 5) is 4.25. The predicted octanol–water partition coefficient (Wildman–Crippen LogP) is 4.88. The number of alkyl halides is 3. The molecule has 2 heterocycles. The van der Waals surface area contributed by atoms with E-state index in [2.05, 4.69) is 10.3 Å². The van der Waals surface area contributed by atoms with Crippen LogP contribution in [0.4, 0.5) is 26.3 Å². The molecule has 11 heteroatoms. The number of hydrogen-bond donors (Lipinski definition) is 3. The molecule has 0 bridgehead atoms. The van der Waals surface area contributed by atoms with Gasteiger partial charge in [-0.25, -0.2) is 22.0 Å². The van der Waals surface area contributed by atoms with Crippen molar-refractivity contribution in [2.24, 2.45) is 0 Å². The topological polar surface area (TPSA) is 60.5 Å². The van der Waals surface area contributed by atoms with Gasteiger partial charge >= 0.3 is 0 Å². The molecule has 0 saturated carbocycles. The molecule has 202 valence electrons. The molecule has 0 saturated heterocycles. The SMILES string of the molecule is CC1Cc2c([nH]c3cc(F)ccc23)[C@@H](c2c(F)ccc(OCCNCCCF)c2F)N1CC(F)(F)CO. The van der Waals surface area contributed by atoms with Gasteiger partial charge in [-0.3, -0.25) is 9.29 Å². The highest BCUT2D eigenvalue weighted by Crippen LogP contribution is 2.44. The highest BCUT2D eigenvalue weighted by molar-refractivity contribution is 5.85. The molecule has 1 aromatic heterocycles. The van der Waals surface area contributed by atoms with Crippen molar-refractivity contribution in [2.45, 2.75) is 37.8 Å². The second kappa shape index (κ2) is 11.3. The molecule has 0 aliphatic carbocycles. The van der Waals surface area contributed by atoms with Crippen LogP contribution in [0.3, 0.4) is 0 Å². The van der Waals surface area contributed by atoms with Crippen LogP contribution in [0.15, 0.2) is 30.3 Å². The predicted molar refractivity (Wildman–Crippen MR) is 127 cm³/mol. The molecule has 2 atom stereocenters. The smallest absolute Gasteiger partial charge is 0.283 e. The maximum absolute atomic E-state index is 15.8. The molecule has 4 rings (SSSR count). The van der Waals surface area contributed by atoms with E-state index in [-0.39, 0.29) is 24.5 Å². The molecule has 1 aliphatic rings. The largest absolute Gasteiger partial charge is 0.489 e. The number of aromatic amines is 1. The zero-order chi connectivity index (χ0) is 26.7. The van der Waals surface area contributed by atoms with E-state index < -0.39 is 60.8 Å². The minimum Gasteiger partial charge on any atom is -0.489 e. The number of nitrogens with zero attached hydrogens (tertiary/aromatic N) is 1. The Balaban J connectivity index is 1.77. The van der Waals surface area contributed by atoms with Gasteiger partial charge in [0.1, 0.15) is 24.8 Å². The fourth-order valence-electron chi connectivity index (χ4n) is 4.87. The lowest BCUT2D eigenvalue weighted by atomic mass is 9.87. The van der Waals surface area contributed by atoms with Gasteiger partial charge < -0.3 is 20.1 Å². The van der Waals surface area contributed by atoms with E-state index in [9.17, 15) is 22.7 Å². The first-order chi connectivity index (χ1) is 17.7. The van der Waals surface area contributed by atoms with E-state index in [0.717, 1.165) is 12.1 Å². The van der Waals surface area contributed by atoms with E-state index in [1.807, 2.05) is 0 Å². The number of fused-ring (bicyclic) bond motifs is 3. The monoisotopic (exact) mass is 529 g/mol. The van der Waals surface area contributed by atoms with Gasteiger partial charge in [-0.05, 0) is 62.2 Å². The highest BCUT2D eigenvalue weighted by Gasteiger charge is 2.43. The molecule has 2 aromatic carbocycles. The molecule has 0 fully saturated rings. The number of H-pyrrole nitrogens is 1. The van der Waals surface area contributed by atoms with Crippen LogP contribution in [0.25, 0.3) is 10.9 Å². The van der Waals surface area contributed by atoms with E-state index in [4.69, 9.17) is 4.74 Å². The van der Waals surface area contributed by atoms with Crippen LogP contribution in [-0.4, -0.2) is 66.5 Å². The average molecular weight is 530 g/mol. The van der Waals surface area contributed by atoms with Gasteiger partial charge in [-0.2, -0.15) is 0 Å². The summed E-state index contributed by atoms with van der Waals surface area (Å²) in [6, 6.07) is 4.26. The molecular weight excluding hydrogens is 500 g/mol. The number of hydrogen-bond acceptors (Lipinski definition) is 4. The van der Waals surface area contributed by atoms with Crippen LogP contribution >= 0.6 is 0 Å². The van der Waals surface area contributed by atoms with E-state index in [0.29, 0.717) is 36.0 Å². The van der Waals surface area contributed by atoms with Crippen LogP contribution < -0.4 is 10.1 Å². The molecule has 1 aliphatic heterocycles. The summed E-state index contributed by atoms with van der Waals surface area (Å²) in [5.41, 5.74) is 0.815. The van der Waals surface area contributed by atoms with Crippen molar-refractivity contribution in [1.82, 2.24) is 15.2 Å². The van der Waals surface area contributed by atoms with Crippen LogP contribution in [0.5, 0.6) is 5.75 Å². The molecule has 3 aromatic rings. The first-order valence-corrected chi connectivity index (χ1v) is 12.1. The number of aliphatic hydroxyl groups excluding tert-OH is 1. The van der Waals surface area contributed by atoms with Crippen LogP contribution in [0.1, 0.15) is 36.2 Å². The van der Waals surface area contributed by atoms with E-state index in [1.54, 1.807) is 13.0 Å². The number of rotatable bonds is 11. The van der Waals surface area contributed by atoms with Gasteiger partial charge in [0.2, 0.25) is 0 Å². The average Bonchev–Trinajstić information content (AvgIpc) is 3.21. The van der Waals surface area contributed by atoms with Crippen molar-refractivity contribution in [3.05, 3.63) is 64.6 Å². The number of aromatic nitrogens is 1. The van der Waals surface area contributed by atoms with Gasteiger partial charge in [-0.15, -0.1) is 0 Å². The summed E-state index contributed by atoms with van der Waals surface area (Å²) in [5, 5.41) is 12.8. The third-order valence-corrected chi connectivity index (χ3v) is 6.61. The fourth-order valence-corrected chi connectivity index (χ4v) is 4.87. The second-order valence-electron chi connectivity index (χ2n) is 9.26. The Morgan fingerprint density at radius 2 is 1.95 bits per heavy atom. The lowest BCUT2D eigenvalue weighted by Crippen LogP contribution is -2.49. The van der Waals surface area contributed by atoms with Crippen molar-refractivity contribution in [1.29, 1.82) is 0 Å². The van der Waals surface area contributed by atoms with Gasteiger partial charge in [0.25, 0.3) is 5.92 Å². The third-order valence-electron chi connectivity index (χ3n) is 6.61. The maximum Gasteiger partial charge on any atom is 0.283 e. The van der Waals surface area contributed by atoms with Gasteiger partial charge in [0.05, 0.1) is 24.8 Å². The van der Waals surface area contributed by atoms with Crippen molar-refractivity contribution in [2.75, 3.05) is 39.5 Å². The lowest BCUT2D eigenvalue weighted by molar-refractivity contribution is -0.0869. The normalized spacial score (nSPS) is 18.4. The summed E-state index contributed by atoms with van der Waals surface area (Å²) in [5.74, 6) is -6.32. The Hall–Kier alpha value is -2.76. The van der Waals surface area contributed by atoms with Gasteiger partial charge in [-0.1, -0.05) is 0 Å². The van der Waals surface area contributed by atoms with Crippen molar-refractivity contribution >= 4 is 10.9 Å². The minimum atomic E-state index is -3.53. The summed E-state index contributed by atoms with van der Waals surface area (Å²) in [6.45, 7) is -0.493. The molecule has 0 radical (unpaired) electrons. The number of halogens is 6. The Morgan fingerprint density at radius 3 is 2.68 bits per heavy atom. The Bertz CT molecular complexity index is 1230. The second-order valence-corrected chi connectivity index (χ2v) is 9.26. The first kappa shape index (κ1) is 27.3. The first-order valence-electron chi connectivity index (χ1n) is 12.1. The van der Waals surface area contributed by atoms with Crippen molar-refractivity contribution in [3.8, 4) is 5.75 Å².